The minimum absolute atomic E-state index is 0.165. The fraction of sp³-hybridized carbons (Fsp3) is 0.200. The molecule has 0 spiro atoms. The third-order valence-electron chi connectivity index (χ3n) is 7.01. The summed E-state index contributed by atoms with van der Waals surface area (Å²) < 4.78 is 4.14. The number of rotatable bonds is 6. The van der Waals surface area contributed by atoms with E-state index in [1.807, 2.05) is 71.2 Å². The van der Waals surface area contributed by atoms with Gasteiger partial charge in [0.15, 0.2) is 5.82 Å². The molecule has 3 heterocycles. The van der Waals surface area contributed by atoms with E-state index in [4.69, 9.17) is 16.7 Å². The number of anilines is 2. The molecule has 0 saturated carbocycles. The van der Waals surface area contributed by atoms with E-state index in [1.54, 1.807) is 0 Å². The van der Waals surface area contributed by atoms with Crippen LogP contribution in [0.5, 0.6) is 0 Å². The number of aryl methyl sites for hydroxylation is 3. The summed E-state index contributed by atoms with van der Waals surface area (Å²) in [6.07, 6.45) is 3.02. The van der Waals surface area contributed by atoms with Gasteiger partial charge in [0, 0.05) is 34.1 Å². The van der Waals surface area contributed by atoms with Gasteiger partial charge >= 0.3 is 0 Å². The number of amides is 1. The first-order valence-electron chi connectivity index (χ1n) is 12.6. The molecule has 5 aromatic rings. The van der Waals surface area contributed by atoms with Crippen LogP contribution >= 0.6 is 11.6 Å². The maximum atomic E-state index is 13.8. The van der Waals surface area contributed by atoms with E-state index in [0.29, 0.717) is 17.3 Å². The van der Waals surface area contributed by atoms with Crippen molar-refractivity contribution in [2.24, 2.45) is 0 Å². The van der Waals surface area contributed by atoms with Crippen LogP contribution in [0, 0.1) is 6.92 Å². The van der Waals surface area contributed by atoms with Gasteiger partial charge in [-0.25, -0.2) is 4.52 Å². The van der Waals surface area contributed by atoms with Gasteiger partial charge in [-0.2, -0.15) is 5.10 Å². The molecule has 2 N–H and O–H groups in total. The molecule has 1 aliphatic heterocycles. The summed E-state index contributed by atoms with van der Waals surface area (Å²) in [5, 5.41) is 12.3. The summed E-state index contributed by atoms with van der Waals surface area (Å²) in [5.74, 6) is 0.729. The van der Waals surface area contributed by atoms with Gasteiger partial charge in [-0.1, -0.05) is 66.2 Å². The Morgan fingerprint density at radius 3 is 2.54 bits per heavy atom. The number of aromatic nitrogens is 3. The molecule has 3 aromatic carbocycles. The Balaban J connectivity index is 1.49. The monoisotopic (exact) mass is 509 g/mol. The predicted octanol–water partition coefficient (Wildman–Crippen LogP) is 6.97. The maximum Gasteiger partial charge on any atom is 0.275 e. The number of hydrogen-bond acceptors (Lipinski definition) is 3. The highest BCUT2D eigenvalue weighted by Crippen LogP contribution is 2.37. The quantitative estimate of drug-likeness (QED) is 0.260. The van der Waals surface area contributed by atoms with Gasteiger partial charge in [-0.3, -0.25) is 4.79 Å². The minimum atomic E-state index is -0.165. The number of benzene rings is 3. The van der Waals surface area contributed by atoms with E-state index in [-0.39, 0.29) is 5.91 Å². The smallest absolute Gasteiger partial charge is 0.275 e. The van der Waals surface area contributed by atoms with Crippen molar-refractivity contribution in [3.05, 3.63) is 107 Å². The molecule has 6 rings (SSSR count). The van der Waals surface area contributed by atoms with Gasteiger partial charge < -0.3 is 15.2 Å². The van der Waals surface area contributed by atoms with Gasteiger partial charge in [0.1, 0.15) is 11.3 Å². The molecule has 0 radical (unpaired) electrons. The third-order valence-corrected chi connectivity index (χ3v) is 7.24. The molecule has 0 saturated heterocycles. The SMILES string of the molecule is Cc1ccc(Cl)cc1NCc1nn2c(C(=O)Nc3ccccc3)c(-c3ccccc3)c3c2n1CCCC3. The first kappa shape index (κ1) is 23.4. The van der Waals surface area contributed by atoms with Gasteiger partial charge in [0.25, 0.3) is 5.91 Å². The molecule has 2 aromatic heterocycles. The molecule has 0 aliphatic carbocycles. The zero-order valence-corrected chi connectivity index (χ0v) is 21.4. The highest BCUT2D eigenvalue weighted by atomic mass is 35.5. The standard InChI is InChI=1S/C30H28ClN5O/c1-20-15-16-22(31)18-25(20)32-19-26-34-36-28(29(37)33-23-12-6-3-7-13-23)27(21-10-4-2-5-11-21)24-14-8-9-17-35(26)30(24)36/h2-7,10-13,15-16,18,32H,8-9,14,17,19H2,1H3,(H,33,37). The van der Waals surface area contributed by atoms with E-state index < -0.39 is 0 Å². The highest BCUT2D eigenvalue weighted by Gasteiger charge is 2.30. The molecule has 7 heteroatoms. The van der Waals surface area contributed by atoms with E-state index in [1.165, 1.54) is 5.56 Å². The molecule has 1 aliphatic rings. The van der Waals surface area contributed by atoms with Crippen LogP contribution in [0.4, 0.5) is 11.4 Å². The lowest BCUT2D eigenvalue weighted by molar-refractivity contribution is 0.102. The Morgan fingerprint density at radius 2 is 1.76 bits per heavy atom. The normalized spacial score (nSPS) is 12.9. The first-order chi connectivity index (χ1) is 18.1. The highest BCUT2D eigenvalue weighted by molar-refractivity contribution is 6.30. The Morgan fingerprint density at radius 1 is 1.00 bits per heavy atom. The Hall–Kier alpha value is -4.03. The van der Waals surface area contributed by atoms with Crippen molar-refractivity contribution >= 4 is 34.5 Å². The van der Waals surface area contributed by atoms with E-state index in [9.17, 15) is 4.79 Å². The van der Waals surface area contributed by atoms with Gasteiger partial charge in [0.05, 0.1) is 6.54 Å². The van der Waals surface area contributed by atoms with Crippen LogP contribution in [0.2, 0.25) is 5.02 Å². The lowest BCUT2D eigenvalue weighted by Crippen LogP contribution is -2.16. The number of para-hydroxylation sites is 1. The molecule has 0 unspecified atom stereocenters. The number of hydrogen-bond donors (Lipinski definition) is 2. The number of nitrogens with one attached hydrogen (secondary N) is 2. The molecular weight excluding hydrogens is 482 g/mol. The third kappa shape index (κ3) is 4.38. The second-order valence-electron chi connectivity index (χ2n) is 9.46. The second-order valence-corrected chi connectivity index (χ2v) is 9.90. The van der Waals surface area contributed by atoms with E-state index in [2.05, 4.69) is 34.3 Å². The van der Waals surface area contributed by atoms with Crippen molar-refractivity contribution in [3.8, 4) is 11.1 Å². The van der Waals surface area contributed by atoms with Crippen LogP contribution in [0.3, 0.4) is 0 Å². The van der Waals surface area contributed by atoms with Crippen LogP contribution in [0.25, 0.3) is 16.8 Å². The Bertz CT molecular complexity index is 1590. The van der Waals surface area contributed by atoms with Crippen LogP contribution in [0.1, 0.15) is 40.3 Å². The largest absolute Gasteiger partial charge is 0.377 e. The molecule has 6 nitrogen and oxygen atoms in total. The van der Waals surface area contributed by atoms with Crippen molar-refractivity contribution in [1.82, 2.24) is 14.2 Å². The minimum Gasteiger partial charge on any atom is -0.377 e. The van der Waals surface area contributed by atoms with Crippen molar-refractivity contribution in [2.45, 2.75) is 39.3 Å². The summed E-state index contributed by atoms with van der Waals surface area (Å²) in [7, 11) is 0. The molecule has 186 valence electrons. The average Bonchev–Trinajstić information content (AvgIpc) is 3.32. The Labute approximate surface area is 220 Å². The average molecular weight is 510 g/mol. The molecule has 0 bridgehead atoms. The number of carbonyl (C=O) groups excluding carboxylic acids is 1. The van der Waals surface area contributed by atoms with E-state index >= 15 is 0 Å². The molecule has 1 amide bonds. The fourth-order valence-electron chi connectivity index (χ4n) is 5.23. The lowest BCUT2D eigenvalue weighted by Gasteiger charge is -2.11. The zero-order chi connectivity index (χ0) is 25.4. The van der Waals surface area contributed by atoms with Crippen LogP contribution in [-0.2, 0) is 19.5 Å². The topological polar surface area (TPSA) is 63.4 Å². The van der Waals surface area contributed by atoms with Crippen LogP contribution in [0.15, 0.2) is 78.9 Å². The number of nitrogens with zero attached hydrogens (tertiary/aromatic N) is 3. The molecular formula is C30H28ClN5O. The zero-order valence-electron chi connectivity index (χ0n) is 20.7. The summed E-state index contributed by atoms with van der Waals surface area (Å²) in [4.78, 5) is 13.8. The van der Waals surface area contributed by atoms with Gasteiger partial charge in [0.2, 0.25) is 0 Å². The first-order valence-corrected chi connectivity index (χ1v) is 13.0. The molecule has 0 atom stereocenters. The van der Waals surface area contributed by atoms with Crippen LogP contribution in [-0.4, -0.2) is 20.1 Å². The van der Waals surface area contributed by atoms with Crippen molar-refractivity contribution in [2.75, 3.05) is 10.6 Å². The maximum absolute atomic E-state index is 13.8. The molecule has 0 fully saturated rings. The van der Waals surface area contributed by atoms with Crippen LogP contribution < -0.4 is 10.6 Å². The Kier molecular flexibility index (Phi) is 6.18. The van der Waals surface area contributed by atoms with Crippen molar-refractivity contribution in [3.63, 3.8) is 0 Å². The van der Waals surface area contributed by atoms with Gasteiger partial charge in [-0.05, 0) is 61.6 Å². The van der Waals surface area contributed by atoms with Crippen molar-refractivity contribution < 1.29 is 4.79 Å². The number of carbonyl (C=O) groups is 1. The van der Waals surface area contributed by atoms with E-state index in [0.717, 1.165) is 65.3 Å². The number of halogens is 1. The van der Waals surface area contributed by atoms with Crippen molar-refractivity contribution in [1.29, 1.82) is 0 Å². The fourth-order valence-corrected chi connectivity index (χ4v) is 5.40. The summed E-state index contributed by atoms with van der Waals surface area (Å²) >= 11 is 6.24. The van der Waals surface area contributed by atoms with Gasteiger partial charge in [-0.15, -0.1) is 0 Å². The molecule has 37 heavy (non-hydrogen) atoms. The lowest BCUT2D eigenvalue weighted by atomic mass is 9.98. The predicted molar refractivity (Wildman–Crippen MR) is 149 cm³/mol. The summed E-state index contributed by atoms with van der Waals surface area (Å²) in [5.41, 5.74) is 7.62. The second kappa shape index (κ2) is 9.79. The summed E-state index contributed by atoms with van der Waals surface area (Å²) in [6, 6.07) is 25.6. The summed E-state index contributed by atoms with van der Waals surface area (Å²) in [6.45, 7) is 3.45.